The molecule has 0 aliphatic rings. The molecule has 0 amide bonds. The van der Waals surface area contributed by atoms with Crippen molar-refractivity contribution in [2.75, 3.05) is 12.8 Å². The second-order valence-electron chi connectivity index (χ2n) is 8.64. The van der Waals surface area contributed by atoms with Gasteiger partial charge in [0.15, 0.2) is 5.65 Å². The molecule has 188 valence electrons. The predicted octanol–water partition coefficient (Wildman–Crippen LogP) is 3.67. The van der Waals surface area contributed by atoms with Gasteiger partial charge in [-0.2, -0.15) is 5.10 Å². The summed E-state index contributed by atoms with van der Waals surface area (Å²) < 4.78 is 23.0. The van der Waals surface area contributed by atoms with E-state index in [0.29, 0.717) is 39.7 Å². The van der Waals surface area contributed by atoms with Gasteiger partial charge in [0.05, 0.1) is 23.7 Å². The number of aromatic nitrogens is 7. The summed E-state index contributed by atoms with van der Waals surface area (Å²) in [5.74, 6) is 0.421. The van der Waals surface area contributed by atoms with Crippen molar-refractivity contribution in [2.24, 2.45) is 0 Å². The smallest absolute Gasteiger partial charge is 0.269 e. The Bertz CT molecular complexity index is 1900. The van der Waals surface area contributed by atoms with Crippen molar-refractivity contribution in [2.45, 2.75) is 13.5 Å². The van der Waals surface area contributed by atoms with Crippen molar-refractivity contribution < 1.29 is 9.13 Å². The number of rotatable bonds is 5. The van der Waals surface area contributed by atoms with E-state index in [-0.39, 0.29) is 23.3 Å². The molecule has 0 atom stereocenters. The molecule has 0 bridgehead atoms. The molecule has 0 saturated carbocycles. The van der Waals surface area contributed by atoms with Crippen molar-refractivity contribution in [3.8, 4) is 22.8 Å². The molecule has 0 aliphatic heterocycles. The Morgan fingerprint density at radius 2 is 1.84 bits per heavy atom. The van der Waals surface area contributed by atoms with Crippen LogP contribution in [0.5, 0.6) is 5.88 Å². The van der Waals surface area contributed by atoms with Crippen LogP contribution in [0.1, 0.15) is 11.4 Å². The zero-order chi connectivity index (χ0) is 26.4. The summed E-state index contributed by atoms with van der Waals surface area (Å²) in [5.41, 5.74) is 9.06. The Hall–Kier alpha value is -5.19. The molecule has 0 unspecified atom stereocenters. The summed E-state index contributed by atoms with van der Waals surface area (Å²) in [7, 11) is 1.54. The molecular formula is C27H21FN8O2. The van der Waals surface area contributed by atoms with Gasteiger partial charge in [0.25, 0.3) is 5.56 Å². The summed E-state index contributed by atoms with van der Waals surface area (Å²) in [4.78, 5) is 31.3. The summed E-state index contributed by atoms with van der Waals surface area (Å²) in [5, 5.41) is 5.24. The van der Waals surface area contributed by atoms with Gasteiger partial charge in [-0.1, -0.05) is 24.3 Å². The largest absolute Gasteiger partial charge is 0.481 e. The lowest BCUT2D eigenvalue weighted by molar-refractivity contribution is 0.398. The number of pyridine rings is 1. The van der Waals surface area contributed by atoms with Gasteiger partial charge in [-0.25, -0.2) is 29.0 Å². The van der Waals surface area contributed by atoms with Gasteiger partial charge < -0.3 is 10.5 Å². The fourth-order valence-corrected chi connectivity index (χ4v) is 4.52. The van der Waals surface area contributed by atoms with E-state index in [4.69, 9.17) is 20.6 Å². The number of fused-ring (bicyclic) bond motifs is 2. The molecule has 11 heteroatoms. The van der Waals surface area contributed by atoms with Crippen LogP contribution in [0.2, 0.25) is 0 Å². The molecule has 4 aromatic heterocycles. The highest BCUT2D eigenvalue weighted by Crippen LogP contribution is 2.31. The maximum atomic E-state index is 14.8. The first-order chi connectivity index (χ1) is 18.5. The molecule has 0 radical (unpaired) electrons. The summed E-state index contributed by atoms with van der Waals surface area (Å²) in [6.07, 6.45) is 2.97. The molecule has 6 aromatic rings. The molecule has 0 aliphatic carbocycles. The number of nitrogens with zero attached hydrogens (tertiary/aromatic N) is 7. The fraction of sp³-hybridized carbons (Fsp3) is 0.111. The van der Waals surface area contributed by atoms with Gasteiger partial charge in [0.2, 0.25) is 5.88 Å². The number of hydrogen-bond donors (Lipinski definition) is 1. The van der Waals surface area contributed by atoms with Crippen LogP contribution in [0, 0.1) is 12.7 Å². The third-order valence-corrected chi connectivity index (χ3v) is 6.34. The van der Waals surface area contributed by atoms with Crippen LogP contribution in [0.3, 0.4) is 0 Å². The highest BCUT2D eigenvalue weighted by atomic mass is 19.1. The molecule has 0 saturated heterocycles. The zero-order valence-corrected chi connectivity index (χ0v) is 20.5. The SMILES string of the molecule is COc1ccc(-c2nn(Cc3nc4cccc(F)c4c(=O)n3-c3ccccc3C)c3ncnc(N)c23)cn1. The molecule has 2 aromatic carbocycles. The van der Waals surface area contributed by atoms with Crippen LogP contribution >= 0.6 is 0 Å². The number of anilines is 1. The highest BCUT2D eigenvalue weighted by molar-refractivity contribution is 5.98. The van der Waals surface area contributed by atoms with E-state index in [1.807, 2.05) is 31.2 Å². The van der Waals surface area contributed by atoms with E-state index >= 15 is 0 Å². The lowest BCUT2D eigenvalue weighted by Gasteiger charge is -2.16. The molecule has 10 nitrogen and oxygen atoms in total. The minimum absolute atomic E-state index is 0.0482. The quantitative estimate of drug-likeness (QED) is 0.374. The number of benzene rings is 2. The van der Waals surface area contributed by atoms with Crippen molar-refractivity contribution >= 4 is 27.8 Å². The summed E-state index contributed by atoms with van der Waals surface area (Å²) in [6.45, 7) is 1.93. The maximum Gasteiger partial charge on any atom is 0.269 e. The Morgan fingerprint density at radius 3 is 2.61 bits per heavy atom. The van der Waals surface area contributed by atoms with Gasteiger partial charge in [-0.15, -0.1) is 0 Å². The number of para-hydroxylation sites is 1. The third kappa shape index (κ3) is 3.72. The van der Waals surface area contributed by atoms with Crippen LogP contribution in [0.25, 0.3) is 38.9 Å². The van der Waals surface area contributed by atoms with Crippen LogP contribution in [-0.2, 0) is 6.54 Å². The van der Waals surface area contributed by atoms with Crippen molar-refractivity contribution in [1.82, 2.24) is 34.3 Å². The first-order valence-corrected chi connectivity index (χ1v) is 11.7. The molecule has 4 heterocycles. The predicted molar refractivity (Wildman–Crippen MR) is 141 cm³/mol. The zero-order valence-electron chi connectivity index (χ0n) is 20.5. The number of nitrogens with two attached hydrogens (primary N) is 1. The van der Waals surface area contributed by atoms with Crippen molar-refractivity contribution in [3.63, 3.8) is 0 Å². The Labute approximate surface area is 215 Å². The lowest BCUT2D eigenvalue weighted by Crippen LogP contribution is -2.27. The minimum Gasteiger partial charge on any atom is -0.481 e. The highest BCUT2D eigenvalue weighted by Gasteiger charge is 2.21. The Balaban J connectivity index is 1.60. The fourth-order valence-electron chi connectivity index (χ4n) is 4.52. The Morgan fingerprint density at radius 1 is 1.00 bits per heavy atom. The summed E-state index contributed by atoms with van der Waals surface area (Å²) in [6, 6.07) is 15.3. The second kappa shape index (κ2) is 9.04. The number of aryl methyl sites for hydroxylation is 1. The standard InChI is InChI=1S/C27H21FN8O2/c1-15-6-3-4-9-19(15)36-20(33-18-8-5-7-17(28)22(18)27(36)37)13-35-26-23(25(29)31-14-32-26)24(34-35)16-10-11-21(38-2)30-12-16/h3-12,14H,13H2,1-2H3,(H2,29,31,32). The second-order valence-corrected chi connectivity index (χ2v) is 8.64. The maximum absolute atomic E-state index is 14.8. The van der Waals surface area contributed by atoms with Gasteiger partial charge in [-0.3, -0.25) is 9.36 Å². The number of halogens is 1. The normalized spacial score (nSPS) is 11.3. The molecule has 0 fully saturated rings. The first kappa shape index (κ1) is 23.2. The number of ether oxygens (including phenoxy) is 1. The molecular weight excluding hydrogens is 487 g/mol. The number of methoxy groups -OCH3 is 1. The van der Waals surface area contributed by atoms with Crippen LogP contribution in [-0.4, -0.2) is 41.4 Å². The van der Waals surface area contributed by atoms with Crippen LogP contribution < -0.4 is 16.0 Å². The number of hydrogen-bond acceptors (Lipinski definition) is 8. The van der Waals surface area contributed by atoms with E-state index in [2.05, 4.69) is 15.0 Å². The molecule has 38 heavy (non-hydrogen) atoms. The summed E-state index contributed by atoms with van der Waals surface area (Å²) >= 11 is 0. The monoisotopic (exact) mass is 508 g/mol. The van der Waals surface area contributed by atoms with Crippen molar-refractivity contribution in [1.29, 1.82) is 0 Å². The minimum atomic E-state index is -0.631. The van der Waals surface area contributed by atoms with Crippen LogP contribution in [0.4, 0.5) is 10.2 Å². The first-order valence-electron chi connectivity index (χ1n) is 11.7. The topological polar surface area (TPSA) is 127 Å². The van der Waals surface area contributed by atoms with Crippen LogP contribution in [0.15, 0.2) is 71.9 Å². The van der Waals surface area contributed by atoms with Gasteiger partial charge >= 0.3 is 0 Å². The van der Waals surface area contributed by atoms with Gasteiger partial charge in [0.1, 0.15) is 41.4 Å². The molecule has 0 spiro atoms. The Kier molecular flexibility index (Phi) is 5.52. The number of nitrogen functional groups attached to an aromatic ring is 1. The molecule has 2 N–H and O–H groups in total. The van der Waals surface area contributed by atoms with Crippen molar-refractivity contribution in [3.05, 3.63) is 94.7 Å². The van der Waals surface area contributed by atoms with E-state index in [1.54, 1.807) is 29.1 Å². The van der Waals surface area contributed by atoms with E-state index in [1.165, 1.54) is 30.1 Å². The lowest BCUT2D eigenvalue weighted by atomic mass is 10.1. The van der Waals surface area contributed by atoms with E-state index < -0.39 is 11.4 Å². The van der Waals surface area contributed by atoms with E-state index in [9.17, 15) is 9.18 Å². The average molecular weight is 509 g/mol. The van der Waals surface area contributed by atoms with Gasteiger partial charge in [0, 0.05) is 17.8 Å². The molecule has 6 rings (SSSR count). The van der Waals surface area contributed by atoms with Gasteiger partial charge in [-0.05, 0) is 36.8 Å². The van der Waals surface area contributed by atoms with E-state index in [0.717, 1.165) is 5.56 Å². The third-order valence-electron chi connectivity index (χ3n) is 6.34. The average Bonchev–Trinajstić information content (AvgIpc) is 3.29.